The molecule has 0 unspecified atom stereocenters. The van der Waals surface area contributed by atoms with Crippen molar-refractivity contribution in [3.8, 4) is 11.1 Å². The van der Waals surface area contributed by atoms with Gasteiger partial charge < -0.3 is 4.98 Å². The SMILES string of the molecule is CCc1cccc(-c2cnc[nH]c2=S)c1. The molecule has 0 fully saturated rings. The molecule has 0 amide bonds. The Morgan fingerprint density at radius 1 is 1.40 bits per heavy atom. The Bertz CT molecular complexity index is 517. The number of hydrogen-bond donors (Lipinski definition) is 1. The number of rotatable bonds is 2. The van der Waals surface area contributed by atoms with E-state index in [4.69, 9.17) is 12.2 Å². The summed E-state index contributed by atoms with van der Waals surface area (Å²) in [4.78, 5) is 6.99. The molecule has 1 aromatic heterocycles. The molecule has 0 saturated heterocycles. The van der Waals surface area contributed by atoms with Crippen LogP contribution in [0, 0.1) is 4.64 Å². The third kappa shape index (κ3) is 2.13. The van der Waals surface area contributed by atoms with Crippen molar-refractivity contribution in [3.63, 3.8) is 0 Å². The van der Waals surface area contributed by atoms with Crippen molar-refractivity contribution in [2.24, 2.45) is 0 Å². The second-order valence-corrected chi connectivity index (χ2v) is 3.76. The molecule has 0 radical (unpaired) electrons. The minimum Gasteiger partial charge on any atom is -0.337 e. The molecule has 0 aliphatic carbocycles. The van der Waals surface area contributed by atoms with Crippen molar-refractivity contribution in [2.45, 2.75) is 13.3 Å². The molecule has 2 nitrogen and oxygen atoms in total. The van der Waals surface area contributed by atoms with Crippen LogP contribution in [-0.2, 0) is 6.42 Å². The van der Waals surface area contributed by atoms with Gasteiger partial charge in [-0.05, 0) is 17.5 Å². The van der Waals surface area contributed by atoms with Crippen LogP contribution in [0.2, 0.25) is 0 Å². The van der Waals surface area contributed by atoms with Crippen LogP contribution in [0.1, 0.15) is 12.5 Å². The van der Waals surface area contributed by atoms with E-state index in [0.717, 1.165) is 22.2 Å². The highest BCUT2D eigenvalue weighted by Crippen LogP contribution is 2.19. The molecule has 1 N–H and O–H groups in total. The molecule has 2 rings (SSSR count). The highest BCUT2D eigenvalue weighted by Gasteiger charge is 2.00. The minimum absolute atomic E-state index is 0.734. The minimum atomic E-state index is 0.734. The van der Waals surface area contributed by atoms with Crippen molar-refractivity contribution in [1.82, 2.24) is 9.97 Å². The van der Waals surface area contributed by atoms with Crippen LogP contribution >= 0.6 is 12.2 Å². The molecule has 76 valence electrons. The van der Waals surface area contributed by atoms with Gasteiger partial charge in [-0.1, -0.05) is 43.4 Å². The van der Waals surface area contributed by atoms with Crippen molar-refractivity contribution in [1.29, 1.82) is 0 Å². The topological polar surface area (TPSA) is 28.7 Å². The predicted molar refractivity (Wildman–Crippen MR) is 64.2 cm³/mol. The maximum absolute atomic E-state index is 5.22. The van der Waals surface area contributed by atoms with Gasteiger partial charge in [0.05, 0.1) is 6.33 Å². The summed E-state index contributed by atoms with van der Waals surface area (Å²) >= 11 is 5.22. The maximum atomic E-state index is 5.22. The number of aromatic amines is 1. The van der Waals surface area contributed by atoms with E-state index in [2.05, 4.69) is 41.2 Å². The first-order valence-corrected chi connectivity index (χ1v) is 5.34. The lowest BCUT2D eigenvalue weighted by molar-refractivity contribution is 1.13. The molecule has 3 heteroatoms. The lowest BCUT2D eigenvalue weighted by atomic mass is 10.0. The molecule has 2 aromatic rings. The first-order chi connectivity index (χ1) is 7.31. The van der Waals surface area contributed by atoms with E-state index >= 15 is 0 Å². The molecule has 15 heavy (non-hydrogen) atoms. The first kappa shape index (κ1) is 10.1. The molecule has 0 saturated carbocycles. The summed E-state index contributed by atoms with van der Waals surface area (Å²) < 4.78 is 0.734. The average molecular weight is 216 g/mol. The van der Waals surface area contributed by atoms with E-state index in [9.17, 15) is 0 Å². The zero-order chi connectivity index (χ0) is 10.7. The Balaban J connectivity index is 2.54. The highest BCUT2D eigenvalue weighted by atomic mass is 32.1. The fourth-order valence-corrected chi connectivity index (χ4v) is 1.73. The summed E-state index contributed by atoms with van der Waals surface area (Å²) in [5.74, 6) is 0. The van der Waals surface area contributed by atoms with Crippen molar-refractivity contribution in [2.75, 3.05) is 0 Å². The number of benzene rings is 1. The zero-order valence-electron chi connectivity index (χ0n) is 8.53. The van der Waals surface area contributed by atoms with Gasteiger partial charge in [0.2, 0.25) is 0 Å². The molecule has 0 spiro atoms. The number of H-pyrrole nitrogens is 1. The predicted octanol–water partition coefficient (Wildman–Crippen LogP) is 3.37. The Morgan fingerprint density at radius 2 is 2.27 bits per heavy atom. The van der Waals surface area contributed by atoms with E-state index in [0.29, 0.717) is 0 Å². The lowest BCUT2D eigenvalue weighted by Gasteiger charge is -2.03. The number of hydrogen-bond acceptors (Lipinski definition) is 2. The smallest absolute Gasteiger partial charge is 0.113 e. The lowest BCUT2D eigenvalue weighted by Crippen LogP contribution is -1.86. The monoisotopic (exact) mass is 216 g/mol. The van der Waals surface area contributed by atoms with Gasteiger partial charge in [0.15, 0.2) is 0 Å². The van der Waals surface area contributed by atoms with E-state index in [1.807, 2.05) is 0 Å². The third-order valence-electron chi connectivity index (χ3n) is 2.36. The number of nitrogens with zero attached hydrogens (tertiary/aromatic N) is 1. The van der Waals surface area contributed by atoms with Crippen LogP contribution in [0.15, 0.2) is 36.8 Å². The molecular formula is C12H12N2S. The van der Waals surface area contributed by atoms with Crippen molar-refractivity contribution >= 4 is 12.2 Å². The number of aryl methyl sites for hydroxylation is 1. The van der Waals surface area contributed by atoms with Gasteiger partial charge >= 0.3 is 0 Å². The van der Waals surface area contributed by atoms with Gasteiger partial charge in [0.25, 0.3) is 0 Å². The maximum Gasteiger partial charge on any atom is 0.113 e. The van der Waals surface area contributed by atoms with Gasteiger partial charge in [-0.15, -0.1) is 0 Å². The zero-order valence-corrected chi connectivity index (χ0v) is 9.34. The summed E-state index contributed by atoms with van der Waals surface area (Å²) in [6, 6.07) is 8.38. The fraction of sp³-hybridized carbons (Fsp3) is 0.167. The molecule has 0 atom stereocenters. The second-order valence-electron chi connectivity index (χ2n) is 3.35. The van der Waals surface area contributed by atoms with Gasteiger partial charge in [-0.2, -0.15) is 0 Å². The molecule has 0 bridgehead atoms. The Labute approximate surface area is 94.0 Å². The van der Waals surface area contributed by atoms with Crippen LogP contribution < -0.4 is 0 Å². The van der Waals surface area contributed by atoms with Gasteiger partial charge in [-0.25, -0.2) is 4.98 Å². The number of aromatic nitrogens is 2. The summed E-state index contributed by atoms with van der Waals surface area (Å²) in [5, 5.41) is 0. The average Bonchev–Trinajstić information content (AvgIpc) is 2.30. The molecule has 0 aliphatic rings. The van der Waals surface area contributed by atoms with Crippen molar-refractivity contribution in [3.05, 3.63) is 47.0 Å². The normalized spacial score (nSPS) is 10.2. The van der Waals surface area contributed by atoms with Gasteiger partial charge in [0, 0.05) is 11.8 Å². The van der Waals surface area contributed by atoms with Crippen LogP contribution in [0.25, 0.3) is 11.1 Å². The van der Waals surface area contributed by atoms with Crippen LogP contribution in [0.4, 0.5) is 0 Å². The van der Waals surface area contributed by atoms with Crippen LogP contribution in [0.3, 0.4) is 0 Å². The second kappa shape index (κ2) is 4.36. The Morgan fingerprint density at radius 3 is 3.00 bits per heavy atom. The number of nitrogens with one attached hydrogen (secondary N) is 1. The van der Waals surface area contributed by atoms with Gasteiger partial charge in [-0.3, -0.25) is 0 Å². The largest absolute Gasteiger partial charge is 0.337 e. The summed E-state index contributed by atoms with van der Waals surface area (Å²) in [7, 11) is 0. The molecular weight excluding hydrogens is 204 g/mol. The fourth-order valence-electron chi connectivity index (χ4n) is 1.51. The molecule has 1 heterocycles. The summed E-state index contributed by atoms with van der Waals surface area (Å²) in [6.45, 7) is 2.14. The Hall–Kier alpha value is -1.48. The summed E-state index contributed by atoms with van der Waals surface area (Å²) in [5.41, 5.74) is 3.43. The molecule has 1 aromatic carbocycles. The van der Waals surface area contributed by atoms with Crippen LogP contribution in [-0.4, -0.2) is 9.97 Å². The highest BCUT2D eigenvalue weighted by molar-refractivity contribution is 7.71. The van der Waals surface area contributed by atoms with E-state index in [1.165, 1.54) is 5.56 Å². The van der Waals surface area contributed by atoms with E-state index in [1.54, 1.807) is 12.5 Å². The standard InChI is InChI=1S/C12H12N2S/c1-2-9-4-3-5-10(6-9)11-7-13-8-14-12(11)15/h3-8H,2H2,1H3,(H,13,14,15). The van der Waals surface area contributed by atoms with Gasteiger partial charge in [0.1, 0.15) is 4.64 Å². The van der Waals surface area contributed by atoms with E-state index in [-0.39, 0.29) is 0 Å². The third-order valence-corrected chi connectivity index (χ3v) is 2.70. The van der Waals surface area contributed by atoms with Crippen LogP contribution in [0.5, 0.6) is 0 Å². The first-order valence-electron chi connectivity index (χ1n) is 4.93. The molecule has 0 aliphatic heterocycles. The quantitative estimate of drug-likeness (QED) is 0.780. The summed E-state index contributed by atoms with van der Waals surface area (Å²) in [6.07, 6.45) is 4.44. The Kier molecular flexibility index (Phi) is 2.92. The van der Waals surface area contributed by atoms with Crippen molar-refractivity contribution < 1.29 is 0 Å². The van der Waals surface area contributed by atoms with E-state index < -0.39 is 0 Å².